The van der Waals surface area contributed by atoms with E-state index < -0.39 is 5.92 Å². The van der Waals surface area contributed by atoms with Crippen molar-refractivity contribution in [1.82, 2.24) is 14.1 Å². The van der Waals surface area contributed by atoms with Crippen molar-refractivity contribution in [3.63, 3.8) is 0 Å². The number of nitrogens with zero attached hydrogens (tertiary/aromatic N) is 2. The minimum Gasteiger partial charge on any atom is -0.491 e. The molecule has 0 radical (unpaired) electrons. The van der Waals surface area contributed by atoms with Gasteiger partial charge in [-0.3, -0.25) is 4.79 Å². The molecule has 0 aromatic carbocycles. The molecule has 0 saturated heterocycles. The Labute approximate surface area is 73.8 Å². The van der Waals surface area contributed by atoms with E-state index in [2.05, 4.69) is 14.1 Å². The van der Waals surface area contributed by atoms with E-state index in [-0.39, 0.29) is 11.8 Å². The first-order valence-corrected chi connectivity index (χ1v) is 4.13. The maximum absolute atomic E-state index is 11.1. The van der Waals surface area contributed by atoms with Crippen LogP contribution in [0.15, 0.2) is 0 Å². The second kappa shape index (κ2) is 3.48. The average Bonchev–Trinajstić information content (AvgIpc) is 2.48. The van der Waals surface area contributed by atoms with Crippen LogP contribution in [0, 0.1) is 0 Å². The van der Waals surface area contributed by atoms with Crippen molar-refractivity contribution in [2.24, 2.45) is 0 Å². The van der Waals surface area contributed by atoms with Gasteiger partial charge in [-0.25, -0.2) is 0 Å². The zero-order valence-corrected chi connectivity index (χ0v) is 7.55. The number of hydrogen-bond acceptors (Lipinski definition) is 5. The third-order valence-electron chi connectivity index (χ3n) is 1.55. The molecule has 12 heavy (non-hydrogen) atoms. The van der Waals surface area contributed by atoms with E-state index in [1.807, 2.05) is 0 Å². The maximum atomic E-state index is 11.1. The highest BCUT2D eigenvalue weighted by atomic mass is 32.1. The molecule has 66 valence electrons. The van der Waals surface area contributed by atoms with Crippen LogP contribution in [0.4, 0.5) is 0 Å². The number of aromatic nitrogens is 2. The lowest BCUT2D eigenvalue weighted by atomic mass is 10.1. The van der Waals surface area contributed by atoms with E-state index >= 15 is 0 Å². The maximum Gasteiger partial charge on any atom is 0.247 e. The van der Waals surface area contributed by atoms with Gasteiger partial charge in [0.25, 0.3) is 0 Å². The lowest BCUT2D eigenvalue weighted by molar-refractivity contribution is -0.121. The van der Waals surface area contributed by atoms with E-state index in [1.54, 1.807) is 6.92 Å². The van der Waals surface area contributed by atoms with Gasteiger partial charge in [-0.2, -0.15) is 4.37 Å². The molecule has 1 unspecified atom stereocenters. The first kappa shape index (κ1) is 8.92. The van der Waals surface area contributed by atoms with Crippen LogP contribution in [0.1, 0.15) is 18.5 Å². The Morgan fingerprint density at radius 1 is 1.67 bits per heavy atom. The van der Waals surface area contributed by atoms with Gasteiger partial charge in [-0.15, -0.1) is 4.37 Å². The molecular weight excluding hydrogens is 178 g/mol. The molecule has 0 fully saturated rings. The van der Waals surface area contributed by atoms with Gasteiger partial charge in [-0.05, 0) is 6.92 Å². The van der Waals surface area contributed by atoms with Gasteiger partial charge in [0.15, 0.2) is 0 Å². The Bertz CT molecular complexity index is 286. The van der Waals surface area contributed by atoms with Gasteiger partial charge in [-0.1, -0.05) is 0 Å². The summed E-state index contributed by atoms with van der Waals surface area (Å²) in [5.41, 5.74) is 0.333. The Morgan fingerprint density at radius 3 is 2.75 bits per heavy atom. The average molecular weight is 187 g/mol. The van der Waals surface area contributed by atoms with Crippen molar-refractivity contribution >= 4 is 17.6 Å². The zero-order chi connectivity index (χ0) is 9.14. The van der Waals surface area contributed by atoms with Crippen LogP contribution in [-0.2, 0) is 4.79 Å². The molecule has 1 rings (SSSR count). The van der Waals surface area contributed by atoms with Gasteiger partial charge in [0.05, 0.1) is 17.6 Å². The Hall–Kier alpha value is -1.17. The first-order chi connectivity index (χ1) is 5.66. The fourth-order valence-electron chi connectivity index (χ4n) is 0.804. The highest BCUT2D eigenvalue weighted by Crippen LogP contribution is 2.22. The molecule has 2 N–H and O–H groups in total. The van der Waals surface area contributed by atoms with Crippen LogP contribution in [-0.4, -0.2) is 26.8 Å². The van der Waals surface area contributed by atoms with E-state index in [0.717, 1.165) is 11.7 Å². The predicted molar refractivity (Wildman–Crippen MR) is 44.1 cm³/mol. The minimum absolute atomic E-state index is 0.156. The Kier molecular flexibility index (Phi) is 2.59. The summed E-state index contributed by atoms with van der Waals surface area (Å²) in [5, 5.41) is 11.6. The van der Waals surface area contributed by atoms with Crippen LogP contribution in [0.25, 0.3) is 0 Å². The molecule has 1 aromatic rings. The molecule has 0 aliphatic heterocycles. The summed E-state index contributed by atoms with van der Waals surface area (Å²) in [5.74, 6) is -0.789. The van der Waals surface area contributed by atoms with Crippen LogP contribution in [0.5, 0.6) is 5.88 Å². The quantitative estimate of drug-likeness (QED) is 0.688. The van der Waals surface area contributed by atoms with Crippen molar-refractivity contribution in [3.05, 3.63) is 5.69 Å². The summed E-state index contributed by atoms with van der Waals surface area (Å²) >= 11 is 0.892. The molecule has 1 amide bonds. The van der Waals surface area contributed by atoms with Crippen LogP contribution in [0.2, 0.25) is 0 Å². The molecule has 0 saturated carbocycles. The normalized spacial score (nSPS) is 12.5. The highest BCUT2D eigenvalue weighted by molar-refractivity contribution is 6.99. The molecule has 5 nitrogen and oxygen atoms in total. The van der Waals surface area contributed by atoms with E-state index in [9.17, 15) is 4.79 Å². The van der Waals surface area contributed by atoms with Crippen LogP contribution in [0.3, 0.4) is 0 Å². The number of carbonyl (C=O) groups excluding carboxylic acids is 1. The predicted octanol–water partition coefficient (Wildman–Crippen LogP) is 0.0932. The molecule has 0 aliphatic rings. The summed E-state index contributed by atoms with van der Waals surface area (Å²) in [6.07, 6.45) is 0. The fourth-order valence-corrected chi connectivity index (χ4v) is 1.34. The third-order valence-corrected chi connectivity index (χ3v) is 2.08. The van der Waals surface area contributed by atoms with Crippen LogP contribution >= 0.6 is 11.7 Å². The molecule has 0 aliphatic carbocycles. The SMILES string of the molecule is CNC(=O)C(C)c1nsnc1O. The number of carbonyl (C=O) groups is 1. The Balaban J connectivity index is 2.84. The van der Waals surface area contributed by atoms with Gasteiger partial charge >= 0.3 is 0 Å². The fraction of sp³-hybridized carbons (Fsp3) is 0.500. The standard InChI is InChI=1S/C6H9N3O2S/c1-3(5(10)7-2)4-6(11)9-12-8-4/h3H,1-2H3,(H,7,10)(H,9,11). The number of amides is 1. The number of aromatic hydroxyl groups is 1. The van der Waals surface area contributed by atoms with Crippen molar-refractivity contribution in [1.29, 1.82) is 0 Å². The molecule has 1 heterocycles. The molecule has 6 heteroatoms. The van der Waals surface area contributed by atoms with Gasteiger partial charge in [0.1, 0.15) is 5.69 Å². The van der Waals surface area contributed by atoms with Crippen molar-refractivity contribution in [3.8, 4) is 5.88 Å². The van der Waals surface area contributed by atoms with Gasteiger partial charge in [0.2, 0.25) is 11.8 Å². The number of hydrogen-bond donors (Lipinski definition) is 2. The first-order valence-electron chi connectivity index (χ1n) is 3.39. The molecule has 0 bridgehead atoms. The van der Waals surface area contributed by atoms with E-state index in [0.29, 0.717) is 5.69 Å². The van der Waals surface area contributed by atoms with Crippen molar-refractivity contribution < 1.29 is 9.90 Å². The lowest BCUT2D eigenvalue weighted by Gasteiger charge is -2.05. The summed E-state index contributed by atoms with van der Waals surface area (Å²) < 4.78 is 7.36. The van der Waals surface area contributed by atoms with E-state index in [1.165, 1.54) is 7.05 Å². The number of likely N-dealkylation sites (N-methyl/N-ethyl adjacent to an activating group) is 1. The second-order valence-corrected chi connectivity index (χ2v) is 2.84. The van der Waals surface area contributed by atoms with Crippen molar-refractivity contribution in [2.45, 2.75) is 12.8 Å². The Morgan fingerprint density at radius 2 is 2.33 bits per heavy atom. The van der Waals surface area contributed by atoms with Gasteiger partial charge < -0.3 is 10.4 Å². The largest absolute Gasteiger partial charge is 0.491 e. The summed E-state index contributed by atoms with van der Waals surface area (Å²) in [7, 11) is 1.54. The molecule has 1 atom stereocenters. The van der Waals surface area contributed by atoms with Crippen molar-refractivity contribution in [2.75, 3.05) is 7.05 Å². The topological polar surface area (TPSA) is 75.1 Å². The number of nitrogens with one attached hydrogen (secondary N) is 1. The third kappa shape index (κ3) is 1.53. The summed E-state index contributed by atoms with van der Waals surface area (Å²) in [6.45, 7) is 1.66. The van der Waals surface area contributed by atoms with Gasteiger partial charge in [0, 0.05) is 7.05 Å². The lowest BCUT2D eigenvalue weighted by Crippen LogP contribution is -2.23. The summed E-state index contributed by atoms with van der Waals surface area (Å²) in [6, 6.07) is 0. The smallest absolute Gasteiger partial charge is 0.247 e. The molecule has 1 aromatic heterocycles. The summed E-state index contributed by atoms with van der Waals surface area (Å²) in [4.78, 5) is 11.1. The second-order valence-electron chi connectivity index (χ2n) is 2.31. The van der Waals surface area contributed by atoms with E-state index in [4.69, 9.17) is 5.11 Å². The van der Waals surface area contributed by atoms with Crippen LogP contribution < -0.4 is 5.32 Å². The molecule has 0 spiro atoms. The zero-order valence-electron chi connectivity index (χ0n) is 6.74. The highest BCUT2D eigenvalue weighted by Gasteiger charge is 2.20. The minimum atomic E-state index is -0.450. The molecular formula is C6H9N3O2S. The number of rotatable bonds is 2. The monoisotopic (exact) mass is 187 g/mol.